The first-order valence-electron chi connectivity index (χ1n) is 8.32. The van der Waals surface area contributed by atoms with Crippen LogP contribution in [0.1, 0.15) is 33.6 Å². The number of anilines is 1. The number of benzene rings is 1. The summed E-state index contributed by atoms with van der Waals surface area (Å²) in [6.07, 6.45) is 1.23. The topological polar surface area (TPSA) is 58.6 Å². The van der Waals surface area contributed by atoms with Crippen LogP contribution >= 0.6 is 0 Å². The van der Waals surface area contributed by atoms with E-state index in [9.17, 15) is 9.59 Å². The highest BCUT2D eigenvalue weighted by Gasteiger charge is 2.34. The Balaban J connectivity index is 1.92. The lowest BCUT2D eigenvalue weighted by Gasteiger charge is -2.17. The molecule has 5 heteroatoms. The fourth-order valence-corrected chi connectivity index (χ4v) is 2.65. The lowest BCUT2D eigenvalue weighted by atomic mass is 10.1. The Bertz CT molecular complexity index is 540. The molecule has 1 aromatic rings. The van der Waals surface area contributed by atoms with E-state index in [1.807, 2.05) is 31.2 Å². The zero-order chi connectivity index (χ0) is 16.8. The standard InChI is InChI=1S/C18H26N2O3/c1-4-23-16-7-5-15(6-8-16)20-12-14(11-17(20)21)18(22)19-10-9-13(2)3/h5-8,13-14H,4,9-12H2,1-3H3,(H,19,22). The maximum absolute atomic E-state index is 12.2. The van der Waals surface area contributed by atoms with E-state index in [-0.39, 0.29) is 24.2 Å². The van der Waals surface area contributed by atoms with Gasteiger partial charge in [0.05, 0.1) is 12.5 Å². The zero-order valence-corrected chi connectivity index (χ0v) is 14.2. The summed E-state index contributed by atoms with van der Waals surface area (Å²) in [4.78, 5) is 26.1. The second-order valence-electron chi connectivity index (χ2n) is 6.31. The molecule has 1 unspecified atom stereocenters. The number of amides is 2. The van der Waals surface area contributed by atoms with Crippen molar-refractivity contribution in [2.24, 2.45) is 11.8 Å². The van der Waals surface area contributed by atoms with Gasteiger partial charge in [0, 0.05) is 25.2 Å². The van der Waals surface area contributed by atoms with Crippen molar-refractivity contribution in [3.8, 4) is 5.75 Å². The van der Waals surface area contributed by atoms with Crippen LogP contribution in [0.5, 0.6) is 5.75 Å². The Morgan fingerprint density at radius 2 is 2.04 bits per heavy atom. The van der Waals surface area contributed by atoms with Crippen LogP contribution in [0.4, 0.5) is 5.69 Å². The Labute approximate surface area is 138 Å². The van der Waals surface area contributed by atoms with Gasteiger partial charge in [0.25, 0.3) is 0 Å². The molecule has 1 atom stereocenters. The van der Waals surface area contributed by atoms with Gasteiger partial charge in [-0.25, -0.2) is 0 Å². The van der Waals surface area contributed by atoms with E-state index in [2.05, 4.69) is 19.2 Å². The molecular formula is C18H26N2O3. The summed E-state index contributed by atoms with van der Waals surface area (Å²) in [7, 11) is 0. The molecule has 0 saturated carbocycles. The van der Waals surface area contributed by atoms with E-state index in [1.54, 1.807) is 4.90 Å². The maximum Gasteiger partial charge on any atom is 0.227 e. The number of hydrogen-bond donors (Lipinski definition) is 1. The summed E-state index contributed by atoms with van der Waals surface area (Å²) < 4.78 is 5.41. The van der Waals surface area contributed by atoms with Crippen LogP contribution in [0.3, 0.4) is 0 Å². The Kier molecular flexibility index (Phi) is 6.02. The summed E-state index contributed by atoms with van der Waals surface area (Å²) in [5, 5.41) is 2.94. The number of carbonyl (C=O) groups excluding carboxylic acids is 2. The first-order valence-corrected chi connectivity index (χ1v) is 8.32. The molecule has 0 bridgehead atoms. The number of nitrogens with zero attached hydrogens (tertiary/aromatic N) is 1. The van der Waals surface area contributed by atoms with Crippen molar-refractivity contribution in [1.82, 2.24) is 5.32 Å². The Morgan fingerprint density at radius 1 is 1.35 bits per heavy atom. The minimum absolute atomic E-state index is 0.00169. The van der Waals surface area contributed by atoms with Gasteiger partial charge >= 0.3 is 0 Å². The highest BCUT2D eigenvalue weighted by Crippen LogP contribution is 2.27. The van der Waals surface area contributed by atoms with Gasteiger partial charge in [0.2, 0.25) is 11.8 Å². The van der Waals surface area contributed by atoms with Crippen molar-refractivity contribution in [2.45, 2.75) is 33.6 Å². The largest absolute Gasteiger partial charge is 0.494 e. The molecule has 1 aromatic carbocycles. The fourth-order valence-electron chi connectivity index (χ4n) is 2.65. The Morgan fingerprint density at radius 3 is 2.65 bits per heavy atom. The number of ether oxygens (including phenoxy) is 1. The Hall–Kier alpha value is -2.04. The van der Waals surface area contributed by atoms with Gasteiger partial charge in [-0.15, -0.1) is 0 Å². The van der Waals surface area contributed by atoms with Crippen molar-refractivity contribution < 1.29 is 14.3 Å². The van der Waals surface area contributed by atoms with Gasteiger partial charge in [-0.3, -0.25) is 9.59 Å². The van der Waals surface area contributed by atoms with E-state index in [4.69, 9.17) is 4.74 Å². The second-order valence-corrected chi connectivity index (χ2v) is 6.31. The van der Waals surface area contributed by atoms with Crippen LogP contribution in [-0.2, 0) is 9.59 Å². The smallest absolute Gasteiger partial charge is 0.227 e. The predicted molar refractivity (Wildman–Crippen MR) is 90.5 cm³/mol. The molecule has 2 rings (SSSR count). The van der Waals surface area contributed by atoms with E-state index in [0.29, 0.717) is 25.6 Å². The third-order valence-electron chi connectivity index (χ3n) is 3.98. The molecule has 1 saturated heterocycles. The lowest BCUT2D eigenvalue weighted by molar-refractivity contribution is -0.126. The van der Waals surface area contributed by atoms with Crippen LogP contribution in [0.15, 0.2) is 24.3 Å². The second kappa shape index (κ2) is 7.99. The summed E-state index contributed by atoms with van der Waals surface area (Å²) in [6, 6.07) is 7.42. The molecule has 5 nitrogen and oxygen atoms in total. The summed E-state index contributed by atoms with van der Waals surface area (Å²) in [5.41, 5.74) is 0.816. The average Bonchev–Trinajstić information content (AvgIpc) is 2.90. The quantitative estimate of drug-likeness (QED) is 0.840. The number of carbonyl (C=O) groups is 2. The molecule has 1 fully saturated rings. The molecule has 23 heavy (non-hydrogen) atoms. The lowest BCUT2D eigenvalue weighted by Crippen LogP contribution is -2.33. The minimum Gasteiger partial charge on any atom is -0.494 e. The summed E-state index contributed by atoms with van der Waals surface area (Å²) >= 11 is 0. The van der Waals surface area contributed by atoms with Crippen LogP contribution in [0.2, 0.25) is 0 Å². The number of nitrogens with one attached hydrogen (secondary N) is 1. The molecular weight excluding hydrogens is 292 g/mol. The van der Waals surface area contributed by atoms with Crippen molar-refractivity contribution in [2.75, 3.05) is 24.6 Å². The van der Waals surface area contributed by atoms with Gasteiger partial charge in [0.1, 0.15) is 5.75 Å². The highest BCUT2D eigenvalue weighted by molar-refractivity contribution is 6.00. The van der Waals surface area contributed by atoms with Gasteiger partial charge < -0.3 is 15.0 Å². The number of hydrogen-bond acceptors (Lipinski definition) is 3. The molecule has 1 N–H and O–H groups in total. The van der Waals surface area contributed by atoms with Gasteiger partial charge in [-0.2, -0.15) is 0 Å². The normalized spacial score (nSPS) is 17.7. The van der Waals surface area contributed by atoms with Crippen LogP contribution < -0.4 is 15.0 Å². The van der Waals surface area contributed by atoms with Crippen LogP contribution in [-0.4, -0.2) is 31.5 Å². The zero-order valence-electron chi connectivity index (χ0n) is 14.2. The first kappa shape index (κ1) is 17.3. The number of rotatable bonds is 7. The maximum atomic E-state index is 12.2. The van der Waals surface area contributed by atoms with Crippen LogP contribution in [0, 0.1) is 11.8 Å². The van der Waals surface area contributed by atoms with E-state index < -0.39 is 0 Å². The SMILES string of the molecule is CCOc1ccc(N2CC(C(=O)NCCC(C)C)CC2=O)cc1. The molecule has 126 valence electrons. The molecule has 1 aliphatic rings. The molecule has 0 aromatic heterocycles. The molecule has 1 aliphatic heterocycles. The average molecular weight is 318 g/mol. The highest BCUT2D eigenvalue weighted by atomic mass is 16.5. The van der Waals surface area contributed by atoms with Crippen LogP contribution in [0.25, 0.3) is 0 Å². The van der Waals surface area contributed by atoms with Crippen molar-refractivity contribution in [3.63, 3.8) is 0 Å². The fraction of sp³-hybridized carbons (Fsp3) is 0.556. The first-order chi connectivity index (χ1) is 11.0. The van der Waals surface area contributed by atoms with Crippen molar-refractivity contribution in [3.05, 3.63) is 24.3 Å². The summed E-state index contributed by atoms with van der Waals surface area (Å²) in [6.45, 7) is 7.91. The molecule has 2 amide bonds. The van der Waals surface area contributed by atoms with E-state index in [1.165, 1.54) is 0 Å². The molecule has 1 heterocycles. The third kappa shape index (κ3) is 4.71. The minimum atomic E-state index is -0.263. The molecule has 0 aliphatic carbocycles. The van der Waals surface area contributed by atoms with Gasteiger partial charge in [-0.05, 0) is 43.5 Å². The van der Waals surface area contributed by atoms with Crippen molar-refractivity contribution in [1.29, 1.82) is 0 Å². The predicted octanol–water partition coefficient (Wildman–Crippen LogP) is 2.60. The monoisotopic (exact) mass is 318 g/mol. The third-order valence-corrected chi connectivity index (χ3v) is 3.98. The van der Waals surface area contributed by atoms with Gasteiger partial charge in [-0.1, -0.05) is 13.8 Å². The van der Waals surface area contributed by atoms with E-state index in [0.717, 1.165) is 17.9 Å². The molecule has 0 radical (unpaired) electrons. The van der Waals surface area contributed by atoms with Gasteiger partial charge in [0.15, 0.2) is 0 Å². The van der Waals surface area contributed by atoms with E-state index >= 15 is 0 Å². The van der Waals surface area contributed by atoms with Crippen molar-refractivity contribution >= 4 is 17.5 Å². The summed E-state index contributed by atoms with van der Waals surface area (Å²) in [5.74, 6) is 1.05. The molecule has 0 spiro atoms.